The molecule has 3 rings (SSSR count). The van der Waals surface area contributed by atoms with Gasteiger partial charge in [0.2, 0.25) is 0 Å². The van der Waals surface area contributed by atoms with Gasteiger partial charge < -0.3 is 9.84 Å². The van der Waals surface area contributed by atoms with Gasteiger partial charge in [0.05, 0.1) is 6.10 Å². The van der Waals surface area contributed by atoms with E-state index in [0.717, 1.165) is 18.3 Å². The minimum atomic E-state index is -0.777. The van der Waals surface area contributed by atoms with E-state index in [1.165, 1.54) is 25.7 Å². The van der Waals surface area contributed by atoms with Crippen molar-refractivity contribution in [1.82, 2.24) is 0 Å². The number of hydrogen-bond donors (Lipinski definition) is 1. The van der Waals surface area contributed by atoms with Crippen LogP contribution in [-0.2, 0) is 9.53 Å². The summed E-state index contributed by atoms with van der Waals surface area (Å²) >= 11 is 0. The van der Waals surface area contributed by atoms with Crippen molar-refractivity contribution in [3.8, 4) is 0 Å². The Morgan fingerprint density at radius 1 is 1.13 bits per heavy atom. The molecule has 0 aromatic heterocycles. The van der Waals surface area contributed by atoms with Crippen molar-refractivity contribution in [2.24, 2.45) is 17.8 Å². The first-order valence-electron chi connectivity index (χ1n) is 6.12. The third-order valence-corrected chi connectivity index (χ3v) is 4.60. The average Bonchev–Trinajstić information content (AvgIpc) is 2.93. The summed E-state index contributed by atoms with van der Waals surface area (Å²) in [6, 6.07) is 0. The number of aliphatic carboxylic acids is 1. The molecule has 2 aliphatic carbocycles. The molecule has 1 saturated heterocycles. The fraction of sp³-hybridized carbons (Fsp3) is 0.917. The average molecular weight is 210 g/mol. The van der Waals surface area contributed by atoms with Gasteiger partial charge in [-0.15, -0.1) is 0 Å². The zero-order valence-electron chi connectivity index (χ0n) is 8.89. The highest BCUT2D eigenvalue weighted by Crippen LogP contribution is 2.51. The Morgan fingerprint density at radius 2 is 2.00 bits per heavy atom. The van der Waals surface area contributed by atoms with Crippen LogP contribution < -0.4 is 0 Å². The zero-order valence-corrected chi connectivity index (χ0v) is 8.89. The Labute approximate surface area is 89.8 Å². The van der Waals surface area contributed by atoms with Gasteiger partial charge in [0.15, 0.2) is 6.10 Å². The van der Waals surface area contributed by atoms with Crippen molar-refractivity contribution in [3.05, 3.63) is 0 Å². The Balaban J connectivity index is 1.63. The highest BCUT2D eigenvalue weighted by Gasteiger charge is 2.46. The lowest BCUT2D eigenvalue weighted by Gasteiger charge is -2.27. The summed E-state index contributed by atoms with van der Waals surface area (Å²) in [5.74, 6) is 1.66. The van der Waals surface area contributed by atoms with Gasteiger partial charge in [-0.2, -0.15) is 0 Å². The lowest BCUT2D eigenvalue weighted by atomic mass is 9.84. The predicted molar refractivity (Wildman–Crippen MR) is 54.5 cm³/mol. The summed E-state index contributed by atoms with van der Waals surface area (Å²) in [6.45, 7) is 0. The van der Waals surface area contributed by atoms with Crippen LogP contribution in [0.3, 0.4) is 0 Å². The van der Waals surface area contributed by atoms with Gasteiger partial charge >= 0.3 is 5.97 Å². The topological polar surface area (TPSA) is 46.5 Å². The van der Waals surface area contributed by atoms with E-state index in [0.29, 0.717) is 12.3 Å². The summed E-state index contributed by atoms with van der Waals surface area (Å²) in [6.07, 6.45) is 6.83. The van der Waals surface area contributed by atoms with E-state index in [9.17, 15) is 4.79 Å². The second-order valence-corrected chi connectivity index (χ2v) is 5.42. The fourth-order valence-electron chi connectivity index (χ4n) is 3.91. The minimum absolute atomic E-state index is 0.251. The van der Waals surface area contributed by atoms with Crippen LogP contribution in [0, 0.1) is 17.8 Å². The lowest BCUT2D eigenvalue weighted by molar-refractivity contribution is -0.151. The second-order valence-electron chi connectivity index (χ2n) is 5.42. The highest BCUT2D eigenvalue weighted by molar-refractivity contribution is 5.72. The van der Waals surface area contributed by atoms with E-state index in [1.54, 1.807) is 0 Å². The molecule has 3 nitrogen and oxygen atoms in total. The van der Waals surface area contributed by atoms with Gasteiger partial charge in [-0.3, -0.25) is 0 Å². The maximum atomic E-state index is 10.8. The van der Waals surface area contributed by atoms with Crippen LogP contribution in [0.25, 0.3) is 0 Å². The molecule has 0 amide bonds. The molecule has 5 atom stereocenters. The quantitative estimate of drug-likeness (QED) is 0.758. The van der Waals surface area contributed by atoms with Crippen molar-refractivity contribution in [3.63, 3.8) is 0 Å². The monoisotopic (exact) mass is 210 g/mol. The summed E-state index contributed by atoms with van der Waals surface area (Å²) in [5, 5.41) is 8.88. The van der Waals surface area contributed by atoms with E-state index in [-0.39, 0.29) is 6.10 Å². The molecule has 0 radical (unpaired) electrons. The number of fused-ring (bicyclic) bond motifs is 2. The molecule has 84 valence electrons. The van der Waals surface area contributed by atoms with Crippen LogP contribution in [0.15, 0.2) is 0 Å². The number of rotatable bonds is 2. The van der Waals surface area contributed by atoms with Crippen LogP contribution in [0.1, 0.15) is 38.5 Å². The van der Waals surface area contributed by atoms with E-state index >= 15 is 0 Å². The second kappa shape index (κ2) is 3.48. The Bertz CT molecular complexity index is 276. The number of carboxylic acids is 1. The normalized spacial score (nSPS) is 48.7. The molecule has 0 spiro atoms. The summed E-state index contributed by atoms with van der Waals surface area (Å²) < 4.78 is 5.66. The Hall–Kier alpha value is -0.570. The number of carbonyl (C=O) groups is 1. The summed E-state index contributed by atoms with van der Waals surface area (Å²) in [7, 11) is 0. The lowest BCUT2D eigenvalue weighted by Crippen LogP contribution is -2.28. The van der Waals surface area contributed by atoms with Gasteiger partial charge in [-0.1, -0.05) is 6.42 Å². The molecule has 3 heteroatoms. The Morgan fingerprint density at radius 3 is 2.53 bits per heavy atom. The molecule has 0 aromatic carbocycles. The predicted octanol–water partition coefficient (Wildman–Crippen LogP) is 2.05. The SMILES string of the molecule is O=C(O)C1CCC(C2CC3CCC2C3)O1. The van der Waals surface area contributed by atoms with Crippen LogP contribution >= 0.6 is 0 Å². The molecular weight excluding hydrogens is 192 g/mol. The van der Waals surface area contributed by atoms with Crippen molar-refractivity contribution < 1.29 is 14.6 Å². The maximum absolute atomic E-state index is 10.8. The molecule has 1 N–H and O–H groups in total. The van der Waals surface area contributed by atoms with Crippen LogP contribution in [-0.4, -0.2) is 23.3 Å². The summed E-state index contributed by atoms with van der Waals surface area (Å²) in [5.41, 5.74) is 0. The number of hydrogen-bond acceptors (Lipinski definition) is 2. The van der Waals surface area contributed by atoms with Crippen molar-refractivity contribution in [1.29, 1.82) is 0 Å². The van der Waals surface area contributed by atoms with E-state index < -0.39 is 12.1 Å². The number of carboxylic acid groups (broad SMARTS) is 1. The van der Waals surface area contributed by atoms with Gasteiger partial charge in [-0.05, 0) is 49.9 Å². The smallest absolute Gasteiger partial charge is 0.332 e. The van der Waals surface area contributed by atoms with Gasteiger partial charge in [0.1, 0.15) is 0 Å². The first kappa shape index (κ1) is 9.64. The third kappa shape index (κ3) is 1.57. The third-order valence-electron chi connectivity index (χ3n) is 4.60. The molecule has 5 unspecified atom stereocenters. The summed E-state index contributed by atoms with van der Waals surface area (Å²) in [4.78, 5) is 10.8. The van der Waals surface area contributed by atoms with Crippen LogP contribution in [0.5, 0.6) is 0 Å². The molecule has 0 aromatic rings. The molecule has 3 fully saturated rings. The first-order valence-corrected chi connectivity index (χ1v) is 6.12. The fourth-order valence-corrected chi connectivity index (χ4v) is 3.91. The van der Waals surface area contributed by atoms with E-state index in [1.807, 2.05) is 0 Å². The molecule has 2 saturated carbocycles. The van der Waals surface area contributed by atoms with Crippen LogP contribution in [0.4, 0.5) is 0 Å². The molecule has 1 aliphatic heterocycles. The molecule has 2 bridgehead atoms. The van der Waals surface area contributed by atoms with Gasteiger partial charge in [-0.25, -0.2) is 4.79 Å². The minimum Gasteiger partial charge on any atom is -0.479 e. The molecule has 3 aliphatic rings. The van der Waals surface area contributed by atoms with E-state index in [4.69, 9.17) is 9.84 Å². The molecule has 1 heterocycles. The van der Waals surface area contributed by atoms with Crippen molar-refractivity contribution >= 4 is 5.97 Å². The van der Waals surface area contributed by atoms with Crippen molar-refractivity contribution in [2.45, 2.75) is 50.7 Å². The number of ether oxygens (including phenoxy) is 1. The molecular formula is C12H18O3. The van der Waals surface area contributed by atoms with Crippen molar-refractivity contribution in [2.75, 3.05) is 0 Å². The highest BCUT2D eigenvalue weighted by atomic mass is 16.5. The largest absolute Gasteiger partial charge is 0.479 e. The van der Waals surface area contributed by atoms with Crippen LogP contribution in [0.2, 0.25) is 0 Å². The van der Waals surface area contributed by atoms with Gasteiger partial charge in [0, 0.05) is 0 Å². The van der Waals surface area contributed by atoms with Gasteiger partial charge in [0.25, 0.3) is 0 Å². The maximum Gasteiger partial charge on any atom is 0.332 e. The zero-order chi connectivity index (χ0) is 10.4. The molecule has 15 heavy (non-hydrogen) atoms. The first-order chi connectivity index (χ1) is 7.24. The van der Waals surface area contributed by atoms with E-state index in [2.05, 4.69) is 0 Å². The Kier molecular flexibility index (Phi) is 2.23. The standard InChI is InChI=1S/C12H18O3/c13-12(14)11-4-3-10(15-11)9-6-7-1-2-8(9)5-7/h7-11H,1-6H2,(H,13,14).